The fourth-order valence-corrected chi connectivity index (χ4v) is 3.92. The van der Waals surface area contributed by atoms with Crippen LogP contribution in [0.2, 0.25) is 0 Å². The zero-order valence-electron chi connectivity index (χ0n) is 18.8. The van der Waals surface area contributed by atoms with Gasteiger partial charge in [-0.05, 0) is 71.7 Å². The van der Waals surface area contributed by atoms with Crippen LogP contribution in [0.3, 0.4) is 0 Å². The van der Waals surface area contributed by atoms with Crippen LogP contribution in [-0.4, -0.2) is 43.5 Å². The largest absolute Gasteiger partial charge is 0.480 e. The lowest BCUT2D eigenvalue weighted by Gasteiger charge is -2.32. The molecule has 0 saturated carbocycles. The molecule has 2 heterocycles. The average molecular weight is 432 g/mol. The first-order valence-electron chi connectivity index (χ1n) is 10.3. The predicted molar refractivity (Wildman–Crippen MR) is 113 cm³/mol. The van der Waals surface area contributed by atoms with Crippen LogP contribution >= 0.6 is 0 Å². The Morgan fingerprint density at radius 2 is 1.84 bits per heavy atom. The van der Waals surface area contributed by atoms with Crippen molar-refractivity contribution in [1.82, 2.24) is 14.7 Å². The summed E-state index contributed by atoms with van der Waals surface area (Å²) in [6, 6.07) is 5.89. The van der Waals surface area contributed by atoms with Gasteiger partial charge in [0.15, 0.2) is 0 Å². The van der Waals surface area contributed by atoms with E-state index in [1.54, 1.807) is 37.6 Å². The molecule has 0 radical (unpaired) electrons. The van der Waals surface area contributed by atoms with Crippen molar-refractivity contribution in [3.05, 3.63) is 53.6 Å². The van der Waals surface area contributed by atoms with Gasteiger partial charge in [-0.25, -0.2) is 14.0 Å². The minimum absolute atomic E-state index is 0.150. The molecule has 3 atom stereocenters. The van der Waals surface area contributed by atoms with Gasteiger partial charge in [-0.15, -0.1) is 0 Å². The molecule has 0 aliphatic carbocycles. The minimum atomic E-state index is -1.13. The Hall–Kier alpha value is -2.90. The standard InChI is InChI=1S/C23H30FN3O4/c1-22(2,3)26-11-10-17(25-26)16-13-18(20(28)29)27(21(30)31-23(4,5)6)19(16)14-8-7-9-15(24)12-14/h7-12,16,18-19H,13H2,1-6H3,(H,28,29)/t16-,18+,19+/m1/s1. The molecule has 2 aromatic rings. The number of likely N-dealkylation sites (tertiary alicyclic amines) is 1. The van der Waals surface area contributed by atoms with Crippen LogP contribution in [0.4, 0.5) is 9.18 Å². The van der Waals surface area contributed by atoms with Gasteiger partial charge in [0, 0.05) is 12.1 Å². The molecule has 1 saturated heterocycles. The van der Waals surface area contributed by atoms with Gasteiger partial charge in [-0.2, -0.15) is 5.10 Å². The van der Waals surface area contributed by atoms with E-state index in [0.29, 0.717) is 11.3 Å². The summed E-state index contributed by atoms with van der Waals surface area (Å²) >= 11 is 0. The van der Waals surface area contributed by atoms with Crippen LogP contribution < -0.4 is 0 Å². The summed E-state index contributed by atoms with van der Waals surface area (Å²) in [4.78, 5) is 26.5. The summed E-state index contributed by atoms with van der Waals surface area (Å²) in [6.45, 7) is 11.2. The second-order valence-corrected chi connectivity index (χ2v) is 9.94. The maximum Gasteiger partial charge on any atom is 0.411 e. The zero-order valence-corrected chi connectivity index (χ0v) is 18.8. The predicted octanol–water partition coefficient (Wildman–Crippen LogP) is 4.70. The molecule has 3 rings (SSSR count). The fourth-order valence-electron chi connectivity index (χ4n) is 3.92. The van der Waals surface area contributed by atoms with Crippen molar-refractivity contribution in [2.45, 2.75) is 77.1 Å². The summed E-state index contributed by atoms with van der Waals surface area (Å²) in [7, 11) is 0. The maximum absolute atomic E-state index is 14.1. The Kier molecular flexibility index (Phi) is 5.86. The van der Waals surface area contributed by atoms with E-state index in [1.807, 2.05) is 33.0 Å². The minimum Gasteiger partial charge on any atom is -0.480 e. The number of carboxylic acid groups (broad SMARTS) is 1. The normalized spacial score (nSPS) is 21.9. The topological polar surface area (TPSA) is 84.7 Å². The number of hydrogen-bond donors (Lipinski definition) is 1. The second kappa shape index (κ2) is 7.98. The van der Waals surface area contributed by atoms with E-state index in [4.69, 9.17) is 4.74 Å². The molecule has 8 heteroatoms. The van der Waals surface area contributed by atoms with Crippen LogP contribution in [0.15, 0.2) is 36.5 Å². The number of halogens is 1. The highest BCUT2D eigenvalue weighted by Gasteiger charge is 2.50. The van der Waals surface area contributed by atoms with Crippen molar-refractivity contribution in [2.24, 2.45) is 0 Å². The Morgan fingerprint density at radius 3 is 2.35 bits per heavy atom. The Morgan fingerprint density at radius 1 is 1.16 bits per heavy atom. The van der Waals surface area contributed by atoms with E-state index in [9.17, 15) is 19.1 Å². The number of carbonyl (C=O) groups is 2. The van der Waals surface area contributed by atoms with E-state index < -0.39 is 41.5 Å². The van der Waals surface area contributed by atoms with Crippen LogP contribution in [0.5, 0.6) is 0 Å². The van der Waals surface area contributed by atoms with Crippen molar-refractivity contribution in [2.75, 3.05) is 0 Å². The molecular weight excluding hydrogens is 401 g/mol. The first kappa shape index (κ1) is 22.8. The molecule has 0 bridgehead atoms. The molecule has 1 aromatic carbocycles. The highest BCUT2D eigenvalue weighted by molar-refractivity contribution is 5.82. The number of nitrogens with zero attached hydrogens (tertiary/aromatic N) is 3. The molecule has 1 N–H and O–H groups in total. The van der Waals surface area contributed by atoms with Gasteiger partial charge in [0.05, 0.1) is 17.3 Å². The Bertz CT molecular complexity index is 974. The van der Waals surface area contributed by atoms with Gasteiger partial charge in [-0.1, -0.05) is 12.1 Å². The number of aromatic nitrogens is 2. The van der Waals surface area contributed by atoms with E-state index in [1.165, 1.54) is 17.0 Å². The van der Waals surface area contributed by atoms with Crippen molar-refractivity contribution < 1.29 is 23.8 Å². The van der Waals surface area contributed by atoms with Gasteiger partial charge < -0.3 is 9.84 Å². The molecule has 7 nitrogen and oxygen atoms in total. The van der Waals surface area contributed by atoms with Crippen LogP contribution in [0.25, 0.3) is 0 Å². The van der Waals surface area contributed by atoms with Gasteiger partial charge in [0.2, 0.25) is 0 Å². The molecule has 1 amide bonds. The lowest BCUT2D eigenvalue weighted by atomic mass is 9.90. The van der Waals surface area contributed by atoms with Crippen LogP contribution in [0.1, 0.15) is 71.2 Å². The van der Waals surface area contributed by atoms with Crippen molar-refractivity contribution in [3.8, 4) is 0 Å². The monoisotopic (exact) mass is 431 g/mol. The summed E-state index contributed by atoms with van der Waals surface area (Å²) in [5.74, 6) is -2.02. The van der Waals surface area contributed by atoms with Crippen molar-refractivity contribution in [1.29, 1.82) is 0 Å². The Balaban J connectivity index is 2.12. The van der Waals surface area contributed by atoms with Gasteiger partial charge in [0.1, 0.15) is 17.5 Å². The highest BCUT2D eigenvalue weighted by atomic mass is 19.1. The smallest absolute Gasteiger partial charge is 0.411 e. The third kappa shape index (κ3) is 4.89. The molecule has 0 spiro atoms. The highest BCUT2D eigenvalue weighted by Crippen LogP contribution is 2.47. The van der Waals surface area contributed by atoms with E-state index in [-0.39, 0.29) is 12.0 Å². The number of benzene rings is 1. The van der Waals surface area contributed by atoms with Crippen LogP contribution in [0, 0.1) is 5.82 Å². The number of hydrogen-bond acceptors (Lipinski definition) is 4. The summed E-state index contributed by atoms with van der Waals surface area (Å²) in [5.41, 5.74) is 0.0900. The molecule has 1 aromatic heterocycles. The number of rotatable bonds is 3. The third-order valence-corrected chi connectivity index (χ3v) is 5.25. The van der Waals surface area contributed by atoms with Crippen molar-refractivity contribution >= 4 is 12.1 Å². The molecule has 0 unspecified atom stereocenters. The molecule has 1 fully saturated rings. The summed E-state index contributed by atoms with van der Waals surface area (Å²) in [5, 5.41) is 14.6. The molecule has 31 heavy (non-hydrogen) atoms. The summed E-state index contributed by atoms with van der Waals surface area (Å²) in [6.07, 6.45) is 1.24. The lowest BCUT2D eigenvalue weighted by molar-refractivity contribution is -0.142. The first-order chi connectivity index (χ1) is 14.3. The van der Waals surface area contributed by atoms with Gasteiger partial charge >= 0.3 is 12.1 Å². The van der Waals surface area contributed by atoms with E-state index in [2.05, 4.69) is 5.10 Å². The zero-order chi connectivity index (χ0) is 23.1. The SMILES string of the molecule is CC(C)(C)OC(=O)N1[C@H](C(=O)O)C[C@H](c2ccn(C(C)(C)C)n2)[C@@H]1c1cccc(F)c1. The Labute approximate surface area is 181 Å². The number of carboxylic acids is 1. The molecular formula is C23H30FN3O4. The van der Waals surface area contributed by atoms with Gasteiger partial charge in [-0.3, -0.25) is 9.58 Å². The molecule has 1 aliphatic heterocycles. The molecule has 168 valence electrons. The fraction of sp³-hybridized carbons (Fsp3) is 0.522. The average Bonchev–Trinajstić information content (AvgIpc) is 3.25. The van der Waals surface area contributed by atoms with Crippen molar-refractivity contribution in [3.63, 3.8) is 0 Å². The lowest BCUT2D eigenvalue weighted by Crippen LogP contribution is -2.44. The first-order valence-corrected chi connectivity index (χ1v) is 10.3. The van der Waals surface area contributed by atoms with Crippen LogP contribution in [-0.2, 0) is 15.1 Å². The summed E-state index contributed by atoms with van der Waals surface area (Å²) < 4.78 is 21.4. The number of ether oxygens (including phenoxy) is 1. The van der Waals surface area contributed by atoms with Gasteiger partial charge in [0.25, 0.3) is 0 Å². The number of amides is 1. The van der Waals surface area contributed by atoms with E-state index in [0.717, 1.165) is 0 Å². The van der Waals surface area contributed by atoms with E-state index >= 15 is 0 Å². The maximum atomic E-state index is 14.1. The quantitative estimate of drug-likeness (QED) is 0.762. The second-order valence-electron chi connectivity index (χ2n) is 9.94. The number of aliphatic carboxylic acids is 1. The molecule has 1 aliphatic rings. The third-order valence-electron chi connectivity index (χ3n) is 5.25. The number of carbonyl (C=O) groups excluding carboxylic acids is 1.